The van der Waals surface area contributed by atoms with Gasteiger partial charge >= 0.3 is 0 Å². The molecule has 0 saturated carbocycles. The van der Waals surface area contributed by atoms with Crippen LogP contribution in [0.4, 0.5) is 4.39 Å². The van der Waals surface area contributed by atoms with Crippen molar-refractivity contribution in [1.82, 2.24) is 5.32 Å². The van der Waals surface area contributed by atoms with E-state index >= 15 is 0 Å². The molecule has 5 heteroatoms. The number of thiophene rings is 1. The molecule has 0 aliphatic rings. The van der Waals surface area contributed by atoms with Crippen LogP contribution in [-0.4, -0.2) is 5.91 Å². The Kier molecular flexibility index (Phi) is 3.83. The van der Waals surface area contributed by atoms with Crippen LogP contribution in [0.1, 0.15) is 16.1 Å². The zero-order valence-corrected chi connectivity index (χ0v) is 11.8. The Morgan fingerprint density at radius 1 is 1.19 bits per heavy atom. The second-order valence-electron chi connectivity index (χ2n) is 4.44. The van der Waals surface area contributed by atoms with Crippen molar-refractivity contribution < 1.29 is 13.6 Å². The Hall–Kier alpha value is -2.40. The van der Waals surface area contributed by atoms with Gasteiger partial charge in [-0.3, -0.25) is 4.79 Å². The highest BCUT2D eigenvalue weighted by Crippen LogP contribution is 2.26. The summed E-state index contributed by atoms with van der Waals surface area (Å²) in [6, 6.07) is 13.2. The van der Waals surface area contributed by atoms with Gasteiger partial charge < -0.3 is 9.73 Å². The zero-order valence-electron chi connectivity index (χ0n) is 11.0. The molecule has 1 N–H and O–H groups in total. The van der Waals surface area contributed by atoms with Crippen LogP contribution in [0.5, 0.6) is 0 Å². The summed E-state index contributed by atoms with van der Waals surface area (Å²) >= 11 is 1.59. The van der Waals surface area contributed by atoms with E-state index in [4.69, 9.17) is 4.42 Å². The van der Waals surface area contributed by atoms with Crippen LogP contribution in [0.15, 0.2) is 58.3 Å². The van der Waals surface area contributed by atoms with Gasteiger partial charge in [0, 0.05) is 5.56 Å². The van der Waals surface area contributed by atoms with E-state index in [1.807, 2.05) is 29.6 Å². The van der Waals surface area contributed by atoms with Crippen molar-refractivity contribution in [3.8, 4) is 10.6 Å². The smallest absolute Gasteiger partial charge is 0.251 e. The highest BCUT2D eigenvalue weighted by Gasteiger charge is 2.09. The van der Waals surface area contributed by atoms with Gasteiger partial charge in [-0.1, -0.05) is 12.1 Å². The number of amides is 1. The molecular weight excluding hydrogens is 289 g/mol. The minimum atomic E-state index is -0.430. The van der Waals surface area contributed by atoms with Crippen LogP contribution in [0.25, 0.3) is 10.6 Å². The lowest BCUT2D eigenvalue weighted by molar-refractivity contribution is 0.0947. The second kappa shape index (κ2) is 5.93. The molecule has 0 bridgehead atoms. The highest BCUT2D eigenvalue weighted by molar-refractivity contribution is 7.13. The predicted octanol–water partition coefficient (Wildman–Crippen LogP) is 4.08. The van der Waals surface area contributed by atoms with E-state index in [1.165, 1.54) is 18.2 Å². The van der Waals surface area contributed by atoms with Gasteiger partial charge in [0.1, 0.15) is 17.3 Å². The Morgan fingerprint density at radius 3 is 2.86 bits per heavy atom. The third-order valence-electron chi connectivity index (χ3n) is 2.94. The van der Waals surface area contributed by atoms with Crippen LogP contribution < -0.4 is 5.32 Å². The molecular formula is C16H12FNO2S. The predicted molar refractivity (Wildman–Crippen MR) is 79.6 cm³/mol. The number of hydrogen-bond donors (Lipinski definition) is 1. The summed E-state index contributed by atoms with van der Waals surface area (Å²) in [5.74, 6) is 0.673. The van der Waals surface area contributed by atoms with Crippen LogP contribution in [0.3, 0.4) is 0 Å². The normalized spacial score (nSPS) is 10.5. The van der Waals surface area contributed by atoms with Crippen molar-refractivity contribution in [3.05, 3.63) is 71.1 Å². The molecule has 1 aromatic carbocycles. The largest absolute Gasteiger partial charge is 0.458 e. The molecule has 0 saturated heterocycles. The first kappa shape index (κ1) is 13.6. The number of furan rings is 1. The Labute approximate surface area is 125 Å². The second-order valence-corrected chi connectivity index (χ2v) is 5.38. The van der Waals surface area contributed by atoms with Crippen molar-refractivity contribution in [2.45, 2.75) is 6.54 Å². The van der Waals surface area contributed by atoms with Gasteiger partial charge in [0.15, 0.2) is 0 Å². The van der Waals surface area contributed by atoms with E-state index < -0.39 is 5.82 Å². The number of hydrogen-bond acceptors (Lipinski definition) is 3. The molecule has 0 radical (unpaired) electrons. The topological polar surface area (TPSA) is 42.2 Å². The molecule has 0 fully saturated rings. The number of carbonyl (C=O) groups is 1. The summed E-state index contributed by atoms with van der Waals surface area (Å²) < 4.78 is 18.7. The van der Waals surface area contributed by atoms with E-state index in [9.17, 15) is 9.18 Å². The van der Waals surface area contributed by atoms with Crippen molar-refractivity contribution >= 4 is 17.2 Å². The summed E-state index contributed by atoms with van der Waals surface area (Å²) in [6.45, 7) is 0.265. The van der Waals surface area contributed by atoms with Crippen LogP contribution in [0, 0.1) is 5.82 Å². The summed E-state index contributed by atoms with van der Waals surface area (Å²) in [7, 11) is 0. The quantitative estimate of drug-likeness (QED) is 0.789. The van der Waals surface area contributed by atoms with E-state index in [-0.39, 0.29) is 12.5 Å². The molecule has 0 spiro atoms. The number of halogens is 1. The van der Waals surface area contributed by atoms with Gasteiger partial charge in [-0.15, -0.1) is 11.3 Å². The third kappa shape index (κ3) is 3.20. The minimum Gasteiger partial charge on any atom is -0.458 e. The zero-order chi connectivity index (χ0) is 14.7. The molecule has 0 aliphatic heterocycles. The van der Waals surface area contributed by atoms with Gasteiger partial charge in [-0.25, -0.2) is 4.39 Å². The van der Waals surface area contributed by atoms with Gasteiger partial charge in [-0.05, 0) is 41.8 Å². The average Bonchev–Trinajstić information content (AvgIpc) is 3.15. The Bertz CT molecular complexity index is 749. The standard InChI is InChI=1S/C16H12FNO2S/c17-12-4-1-3-11(9-12)16(19)18-10-13-6-7-14(20-13)15-5-2-8-21-15/h1-9H,10H2,(H,18,19). The number of rotatable bonds is 4. The fourth-order valence-electron chi connectivity index (χ4n) is 1.92. The van der Waals surface area contributed by atoms with Crippen molar-refractivity contribution in [2.75, 3.05) is 0 Å². The van der Waals surface area contributed by atoms with E-state index in [0.29, 0.717) is 11.3 Å². The monoisotopic (exact) mass is 301 g/mol. The van der Waals surface area contributed by atoms with Gasteiger partial charge in [0.25, 0.3) is 5.91 Å². The summed E-state index contributed by atoms with van der Waals surface area (Å²) in [5, 5.41) is 4.68. The molecule has 21 heavy (non-hydrogen) atoms. The van der Waals surface area contributed by atoms with Gasteiger partial charge in [0.2, 0.25) is 0 Å². The Morgan fingerprint density at radius 2 is 2.10 bits per heavy atom. The fraction of sp³-hybridized carbons (Fsp3) is 0.0625. The molecule has 1 amide bonds. The molecule has 106 valence electrons. The van der Waals surface area contributed by atoms with Crippen molar-refractivity contribution in [2.24, 2.45) is 0 Å². The first-order valence-corrected chi connectivity index (χ1v) is 7.27. The minimum absolute atomic E-state index is 0.265. The molecule has 2 heterocycles. The van der Waals surface area contributed by atoms with Crippen molar-refractivity contribution in [3.63, 3.8) is 0 Å². The SMILES string of the molecule is O=C(NCc1ccc(-c2cccs2)o1)c1cccc(F)c1. The summed E-state index contributed by atoms with van der Waals surface area (Å²) in [4.78, 5) is 12.9. The molecule has 0 aliphatic carbocycles. The van der Waals surface area contributed by atoms with E-state index in [0.717, 1.165) is 10.6 Å². The van der Waals surface area contributed by atoms with E-state index in [1.54, 1.807) is 17.4 Å². The molecule has 2 aromatic heterocycles. The lowest BCUT2D eigenvalue weighted by Crippen LogP contribution is -2.22. The van der Waals surface area contributed by atoms with Crippen molar-refractivity contribution in [1.29, 1.82) is 0 Å². The maximum atomic E-state index is 13.1. The first-order chi connectivity index (χ1) is 10.2. The number of nitrogens with one attached hydrogen (secondary N) is 1. The first-order valence-electron chi connectivity index (χ1n) is 6.39. The lowest BCUT2D eigenvalue weighted by Gasteiger charge is -2.03. The van der Waals surface area contributed by atoms with Gasteiger partial charge in [0.05, 0.1) is 11.4 Å². The molecule has 3 nitrogen and oxygen atoms in total. The summed E-state index contributed by atoms with van der Waals surface area (Å²) in [5.41, 5.74) is 0.292. The molecule has 3 aromatic rings. The number of carbonyl (C=O) groups excluding carboxylic acids is 1. The average molecular weight is 301 g/mol. The van der Waals surface area contributed by atoms with Gasteiger partial charge in [-0.2, -0.15) is 0 Å². The molecule has 3 rings (SSSR count). The van der Waals surface area contributed by atoms with E-state index in [2.05, 4.69) is 5.32 Å². The summed E-state index contributed by atoms with van der Waals surface area (Å²) in [6.07, 6.45) is 0. The highest BCUT2D eigenvalue weighted by atomic mass is 32.1. The Balaban J connectivity index is 1.64. The fourth-order valence-corrected chi connectivity index (χ4v) is 2.61. The molecule has 0 unspecified atom stereocenters. The molecule has 0 atom stereocenters. The van der Waals surface area contributed by atoms with Crippen LogP contribution in [-0.2, 0) is 6.54 Å². The van der Waals surface area contributed by atoms with Crippen LogP contribution >= 0.6 is 11.3 Å². The maximum absolute atomic E-state index is 13.1. The lowest BCUT2D eigenvalue weighted by atomic mass is 10.2. The van der Waals surface area contributed by atoms with Crippen LogP contribution in [0.2, 0.25) is 0 Å². The number of benzene rings is 1. The third-order valence-corrected chi connectivity index (χ3v) is 3.82. The maximum Gasteiger partial charge on any atom is 0.251 e.